The van der Waals surface area contributed by atoms with E-state index in [0.717, 1.165) is 5.56 Å². The Kier molecular flexibility index (Phi) is 4.11. The number of hydrogen-bond acceptors (Lipinski definition) is 2. The zero-order chi connectivity index (χ0) is 15.8. The number of benzene rings is 2. The molecule has 0 spiro atoms. The van der Waals surface area contributed by atoms with Crippen LogP contribution >= 0.6 is 11.6 Å². The first-order valence-electron chi connectivity index (χ1n) is 6.84. The SMILES string of the molecule is Cc1cc(C(=O)c2cccc(Cl)c2)cc(C(C)(C)C)c1O. The van der Waals surface area contributed by atoms with Gasteiger partial charge < -0.3 is 5.11 Å². The molecule has 0 unspecified atom stereocenters. The van der Waals surface area contributed by atoms with Crippen LogP contribution in [0.15, 0.2) is 36.4 Å². The molecule has 0 saturated carbocycles. The van der Waals surface area contributed by atoms with Crippen molar-refractivity contribution >= 4 is 17.4 Å². The molecule has 0 radical (unpaired) electrons. The van der Waals surface area contributed by atoms with Crippen molar-refractivity contribution in [1.29, 1.82) is 0 Å². The van der Waals surface area contributed by atoms with Crippen molar-refractivity contribution in [2.75, 3.05) is 0 Å². The van der Waals surface area contributed by atoms with Gasteiger partial charge in [0.25, 0.3) is 0 Å². The molecule has 2 aromatic rings. The van der Waals surface area contributed by atoms with Crippen molar-refractivity contribution in [1.82, 2.24) is 0 Å². The molecule has 0 aliphatic carbocycles. The molecular formula is C18H19ClO2. The first kappa shape index (κ1) is 15.6. The Morgan fingerprint density at radius 3 is 2.33 bits per heavy atom. The molecule has 0 fully saturated rings. The van der Waals surface area contributed by atoms with E-state index in [9.17, 15) is 9.90 Å². The lowest BCUT2D eigenvalue weighted by molar-refractivity contribution is 0.103. The van der Waals surface area contributed by atoms with Crippen LogP contribution in [0.1, 0.15) is 47.8 Å². The summed E-state index contributed by atoms with van der Waals surface area (Å²) >= 11 is 5.94. The lowest BCUT2D eigenvalue weighted by Crippen LogP contribution is -2.14. The van der Waals surface area contributed by atoms with Crippen molar-refractivity contribution in [2.24, 2.45) is 0 Å². The van der Waals surface area contributed by atoms with Crippen LogP contribution in [0.4, 0.5) is 0 Å². The van der Waals surface area contributed by atoms with Crippen LogP contribution in [0.5, 0.6) is 5.75 Å². The fourth-order valence-corrected chi connectivity index (χ4v) is 2.47. The molecule has 0 bridgehead atoms. The topological polar surface area (TPSA) is 37.3 Å². The molecule has 1 N–H and O–H groups in total. The van der Waals surface area contributed by atoms with Crippen molar-refractivity contribution < 1.29 is 9.90 Å². The second-order valence-corrected chi connectivity index (χ2v) is 6.72. The second-order valence-electron chi connectivity index (χ2n) is 6.28. The van der Waals surface area contributed by atoms with E-state index in [-0.39, 0.29) is 16.9 Å². The van der Waals surface area contributed by atoms with E-state index < -0.39 is 0 Å². The Morgan fingerprint density at radius 1 is 1.10 bits per heavy atom. The molecule has 21 heavy (non-hydrogen) atoms. The van der Waals surface area contributed by atoms with Gasteiger partial charge in [0.15, 0.2) is 5.78 Å². The molecule has 0 aromatic heterocycles. The molecule has 0 aliphatic heterocycles. The lowest BCUT2D eigenvalue weighted by Gasteiger charge is -2.22. The highest BCUT2D eigenvalue weighted by atomic mass is 35.5. The summed E-state index contributed by atoms with van der Waals surface area (Å²) in [5, 5.41) is 10.8. The second kappa shape index (κ2) is 5.53. The van der Waals surface area contributed by atoms with Gasteiger partial charge in [0.05, 0.1) is 0 Å². The van der Waals surface area contributed by atoms with Gasteiger partial charge in [0.1, 0.15) is 5.75 Å². The third-order valence-electron chi connectivity index (χ3n) is 3.46. The number of phenols is 1. The van der Waals surface area contributed by atoms with Gasteiger partial charge in [-0.1, -0.05) is 44.5 Å². The average Bonchev–Trinajstić information content (AvgIpc) is 2.39. The minimum Gasteiger partial charge on any atom is -0.507 e. The van der Waals surface area contributed by atoms with E-state index >= 15 is 0 Å². The molecule has 3 heteroatoms. The number of ketones is 1. The fraction of sp³-hybridized carbons (Fsp3) is 0.278. The summed E-state index contributed by atoms with van der Waals surface area (Å²) in [5.41, 5.74) is 2.35. The molecule has 2 rings (SSSR count). The van der Waals surface area contributed by atoms with E-state index in [0.29, 0.717) is 21.7 Å². The molecule has 0 atom stereocenters. The maximum Gasteiger partial charge on any atom is 0.193 e. The Morgan fingerprint density at radius 2 is 1.76 bits per heavy atom. The number of phenolic OH excluding ortho intramolecular Hbond substituents is 1. The molecule has 0 amide bonds. The molecule has 0 saturated heterocycles. The van der Waals surface area contributed by atoms with Crippen LogP contribution in [0, 0.1) is 6.92 Å². The lowest BCUT2D eigenvalue weighted by atomic mass is 9.83. The Hall–Kier alpha value is -1.80. The summed E-state index contributed by atoms with van der Waals surface area (Å²) in [5.74, 6) is 0.163. The van der Waals surface area contributed by atoms with Crippen LogP contribution in [0.25, 0.3) is 0 Å². The highest BCUT2D eigenvalue weighted by Crippen LogP contribution is 2.34. The van der Waals surface area contributed by atoms with Gasteiger partial charge in [-0.2, -0.15) is 0 Å². The normalized spacial score (nSPS) is 11.5. The van der Waals surface area contributed by atoms with Gasteiger partial charge in [-0.15, -0.1) is 0 Å². The van der Waals surface area contributed by atoms with Gasteiger partial charge >= 0.3 is 0 Å². The molecule has 0 aliphatic rings. The van der Waals surface area contributed by atoms with Crippen LogP contribution < -0.4 is 0 Å². The maximum absolute atomic E-state index is 12.6. The predicted molar refractivity (Wildman–Crippen MR) is 86.4 cm³/mol. The Balaban J connectivity index is 2.55. The smallest absolute Gasteiger partial charge is 0.193 e. The zero-order valence-corrected chi connectivity index (χ0v) is 13.5. The van der Waals surface area contributed by atoms with Crippen molar-refractivity contribution in [2.45, 2.75) is 33.1 Å². The number of aryl methyl sites for hydroxylation is 1. The molecule has 0 heterocycles. The molecular weight excluding hydrogens is 284 g/mol. The first-order chi connectivity index (χ1) is 9.70. The maximum atomic E-state index is 12.6. The van der Waals surface area contributed by atoms with E-state index in [2.05, 4.69) is 0 Å². The third-order valence-corrected chi connectivity index (χ3v) is 3.69. The van der Waals surface area contributed by atoms with Crippen LogP contribution in [-0.4, -0.2) is 10.9 Å². The highest BCUT2D eigenvalue weighted by molar-refractivity contribution is 6.31. The number of rotatable bonds is 2. The zero-order valence-electron chi connectivity index (χ0n) is 12.7. The number of carbonyl (C=O) groups is 1. The number of halogens is 1. The minimum absolute atomic E-state index is 0.0916. The highest BCUT2D eigenvalue weighted by Gasteiger charge is 2.22. The number of hydrogen-bond donors (Lipinski definition) is 1. The quantitative estimate of drug-likeness (QED) is 0.803. The summed E-state index contributed by atoms with van der Waals surface area (Å²) in [6, 6.07) is 10.4. The molecule has 2 nitrogen and oxygen atoms in total. The Bertz CT molecular complexity index is 697. The predicted octanol–water partition coefficient (Wildman–Crippen LogP) is 4.88. The molecule has 110 valence electrons. The molecule has 2 aromatic carbocycles. The van der Waals surface area contributed by atoms with E-state index in [1.54, 1.807) is 43.3 Å². The van der Waals surface area contributed by atoms with Crippen molar-refractivity contribution in [3.05, 3.63) is 63.7 Å². The minimum atomic E-state index is -0.237. The van der Waals surface area contributed by atoms with E-state index in [1.807, 2.05) is 20.8 Å². The van der Waals surface area contributed by atoms with Crippen LogP contribution in [0.2, 0.25) is 5.02 Å². The summed E-state index contributed by atoms with van der Waals surface area (Å²) < 4.78 is 0. The van der Waals surface area contributed by atoms with Crippen molar-refractivity contribution in [3.8, 4) is 5.75 Å². The van der Waals surface area contributed by atoms with E-state index in [4.69, 9.17) is 11.6 Å². The van der Waals surface area contributed by atoms with Gasteiger partial charge in [-0.3, -0.25) is 4.79 Å². The van der Waals surface area contributed by atoms with Gasteiger partial charge in [0.2, 0.25) is 0 Å². The summed E-state index contributed by atoms with van der Waals surface area (Å²) in [7, 11) is 0. The summed E-state index contributed by atoms with van der Waals surface area (Å²) in [6.07, 6.45) is 0. The first-order valence-corrected chi connectivity index (χ1v) is 7.22. The standard InChI is InChI=1S/C18H19ClO2/c1-11-8-13(10-15(16(11)20)18(2,3)4)17(21)12-6-5-7-14(19)9-12/h5-10,20H,1-4H3. The summed E-state index contributed by atoms with van der Waals surface area (Å²) in [4.78, 5) is 12.6. The number of carbonyl (C=O) groups excluding carboxylic acids is 1. The third kappa shape index (κ3) is 3.27. The monoisotopic (exact) mass is 302 g/mol. The van der Waals surface area contributed by atoms with Gasteiger partial charge in [0, 0.05) is 21.7 Å². The fourth-order valence-electron chi connectivity index (χ4n) is 2.28. The van der Waals surface area contributed by atoms with Crippen molar-refractivity contribution in [3.63, 3.8) is 0 Å². The van der Waals surface area contributed by atoms with Gasteiger partial charge in [-0.25, -0.2) is 0 Å². The van der Waals surface area contributed by atoms with E-state index in [1.165, 1.54) is 0 Å². The largest absolute Gasteiger partial charge is 0.507 e. The number of aromatic hydroxyl groups is 1. The Labute approximate surface area is 130 Å². The van der Waals surface area contributed by atoms with Crippen LogP contribution in [-0.2, 0) is 5.41 Å². The van der Waals surface area contributed by atoms with Gasteiger partial charge in [-0.05, 0) is 42.2 Å². The average molecular weight is 303 g/mol. The summed E-state index contributed by atoms with van der Waals surface area (Å²) in [6.45, 7) is 7.83. The van der Waals surface area contributed by atoms with Crippen LogP contribution in [0.3, 0.4) is 0 Å².